The van der Waals surface area contributed by atoms with E-state index in [4.69, 9.17) is 15.2 Å². The molecule has 1 rings (SSSR count). The molecule has 0 bridgehead atoms. The molecule has 1 amide bonds. The van der Waals surface area contributed by atoms with Crippen LogP contribution >= 0.6 is 0 Å². The van der Waals surface area contributed by atoms with Crippen molar-refractivity contribution in [2.45, 2.75) is 57.3 Å². The van der Waals surface area contributed by atoms with E-state index in [-0.39, 0.29) is 11.1 Å². The lowest BCUT2D eigenvalue weighted by Crippen LogP contribution is -2.62. The number of esters is 1. The summed E-state index contributed by atoms with van der Waals surface area (Å²) >= 11 is 0. The summed E-state index contributed by atoms with van der Waals surface area (Å²) in [5.74, 6) is -0.379. The smallest absolute Gasteiger partial charge is 0.411 e. The largest absolute Gasteiger partial charge is 0.464 e. The SMILES string of the molecule is CCOC(=O)[C@H]1CC[C@](N)([SiH3])CN1C(=O)OC(C)(C)C. The molecule has 6 nitrogen and oxygen atoms in total. The fourth-order valence-electron chi connectivity index (χ4n) is 2.20. The average molecular weight is 302 g/mol. The Kier molecular flexibility index (Phi) is 5.20. The number of nitrogens with two attached hydrogens (primary N) is 1. The third-order valence-electron chi connectivity index (χ3n) is 3.08. The molecular weight excluding hydrogens is 276 g/mol. The lowest BCUT2D eigenvalue weighted by atomic mass is 9.98. The van der Waals surface area contributed by atoms with Gasteiger partial charge in [0.1, 0.15) is 11.6 Å². The second kappa shape index (κ2) is 6.13. The average Bonchev–Trinajstić information content (AvgIpc) is 2.25. The van der Waals surface area contributed by atoms with E-state index < -0.39 is 17.7 Å². The third kappa shape index (κ3) is 4.79. The Labute approximate surface area is 123 Å². The van der Waals surface area contributed by atoms with Gasteiger partial charge in [0.05, 0.1) is 6.61 Å². The topological polar surface area (TPSA) is 81.9 Å². The van der Waals surface area contributed by atoms with Crippen LogP contribution in [-0.2, 0) is 14.3 Å². The summed E-state index contributed by atoms with van der Waals surface area (Å²) in [4.78, 5) is 25.7. The number of hydrogen-bond acceptors (Lipinski definition) is 5. The van der Waals surface area contributed by atoms with Crippen molar-refractivity contribution in [2.24, 2.45) is 5.73 Å². The van der Waals surface area contributed by atoms with Crippen LogP contribution in [0.5, 0.6) is 0 Å². The van der Waals surface area contributed by atoms with Gasteiger partial charge in [0.15, 0.2) is 0 Å². The van der Waals surface area contributed by atoms with Gasteiger partial charge in [-0.25, -0.2) is 9.59 Å². The van der Waals surface area contributed by atoms with Gasteiger partial charge in [0.25, 0.3) is 0 Å². The standard InChI is InChI=1S/C13H26N2O4Si/c1-5-18-10(16)9-6-7-13(14,20)8-15(9)11(17)19-12(2,3)4/h9H,5-8,14H2,1-4,20H3/t9-,13+/m1/s1. The van der Waals surface area contributed by atoms with E-state index in [0.717, 1.165) is 16.7 Å². The van der Waals surface area contributed by atoms with Crippen LogP contribution in [0.3, 0.4) is 0 Å². The number of carbonyl (C=O) groups is 2. The summed E-state index contributed by atoms with van der Waals surface area (Å²) in [5, 5.41) is -0.375. The summed E-state index contributed by atoms with van der Waals surface area (Å²) in [6.45, 7) is 7.78. The van der Waals surface area contributed by atoms with Crippen molar-refractivity contribution in [3.63, 3.8) is 0 Å². The van der Waals surface area contributed by atoms with Crippen molar-refractivity contribution in [1.82, 2.24) is 4.90 Å². The maximum absolute atomic E-state index is 12.3. The van der Waals surface area contributed by atoms with Crippen LogP contribution in [0.15, 0.2) is 0 Å². The van der Waals surface area contributed by atoms with Gasteiger partial charge in [-0.3, -0.25) is 4.90 Å². The van der Waals surface area contributed by atoms with Crippen LogP contribution in [0.25, 0.3) is 0 Å². The maximum Gasteiger partial charge on any atom is 0.411 e. The molecule has 0 aromatic carbocycles. The number of ether oxygens (including phenoxy) is 2. The Morgan fingerprint density at radius 1 is 1.45 bits per heavy atom. The van der Waals surface area contributed by atoms with Gasteiger partial charge in [0, 0.05) is 21.9 Å². The van der Waals surface area contributed by atoms with Gasteiger partial charge in [-0.15, -0.1) is 0 Å². The molecule has 0 saturated carbocycles. The Hall–Kier alpha value is -1.08. The summed E-state index contributed by atoms with van der Waals surface area (Å²) in [6, 6.07) is -0.588. The molecule has 2 atom stereocenters. The van der Waals surface area contributed by atoms with Crippen molar-refractivity contribution >= 4 is 22.3 Å². The molecule has 1 fully saturated rings. The first-order valence-corrected chi connectivity index (χ1v) is 8.01. The number of likely N-dealkylation sites (tertiary alicyclic amines) is 1. The van der Waals surface area contributed by atoms with Crippen LogP contribution in [0.4, 0.5) is 4.79 Å². The molecule has 116 valence electrons. The van der Waals surface area contributed by atoms with E-state index in [1.165, 1.54) is 4.90 Å². The van der Waals surface area contributed by atoms with Gasteiger partial charge in [-0.1, -0.05) is 0 Å². The second-order valence-corrected chi connectivity index (χ2v) is 8.56. The second-order valence-electron chi connectivity index (χ2n) is 6.57. The lowest BCUT2D eigenvalue weighted by Gasteiger charge is -2.42. The summed E-state index contributed by atoms with van der Waals surface area (Å²) in [7, 11) is 0.751. The van der Waals surface area contributed by atoms with Gasteiger partial charge in [0.2, 0.25) is 0 Å². The van der Waals surface area contributed by atoms with E-state index in [2.05, 4.69) is 0 Å². The molecule has 0 radical (unpaired) electrons. The lowest BCUT2D eigenvalue weighted by molar-refractivity contribution is -0.151. The van der Waals surface area contributed by atoms with E-state index in [1.807, 2.05) is 0 Å². The highest BCUT2D eigenvalue weighted by Crippen LogP contribution is 2.24. The Morgan fingerprint density at radius 2 is 2.05 bits per heavy atom. The van der Waals surface area contributed by atoms with Crippen LogP contribution in [0.2, 0.25) is 0 Å². The molecule has 2 N–H and O–H groups in total. The molecule has 1 aliphatic rings. The van der Waals surface area contributed by atoms with Crippen LogP contribution < -0.4 is 5.73 Å². The molecular formula is C13H26N2O4Si. The summed E-state index contributed by atoms with van der Waals surface area (Å²) in [5.41, 5.74) is 5.57. The predicted molar refractivity (Wildman–Crippen MR) is 79.5 cm³/mol. The highest BCUT2D eigenvalue weighted by Gasteiger charge is 2.41. The highest BCUT2D eigenvalue weighted by atomic mass is 28.1. The predicted octanol–water partition coefficient (Wildman–Crippen LogP) is -0.0306. The van der Waals surface area contributed by atoms with Crippen molar-refractivity contribution in [1.29, 1.82) is 0 Å². The third-order valence-corrected chi connectivity index (χ3v) is 3.90. The van der Waals surface area contributed by atoms with Crippen LogP contribution in [0, 0.1) is 0 Å². The molecule has 0 aliphatic carbocycles. The highest BCUT2D eigenvalue weighted by molar-refractivity contribution is 6.15. The van der Waals surface area contributed by atoms with E-state index in [1.54, 1.807) is 27.7 Å². The van der Waals surface area contributed by atoms with Crippen molar-refractivity contribution in [2.75, 3.05) is 13.2 Å². The molecule has 1 heterocycles. The van der Waals surface area contributed by atoms with E-state index in [9.17, 15) is 9.59 Å². The zero-order valence-electron chi connectivity index (χ0n) is 13.1. The fourth-order valence-corrected chi connectivity index (χ4v) is 2.83. The minimum absolute atomic E-state index is 0.298. The van der Waals surface area contributed by atoms with Gasteiger partial charge < -0.3 is 15.2 Å². The van der Waals surface area contributed by atoms with E-state index in [0.29, 0.717) is 19.6 Å². The molecule has 0 aromatic heterocycles. The first kappa shape index (κ1) is 17.0. The zero-order chi connectivity index (χ0) is 15.6. The monoisotopic (exact) mass is 302 g/mol. The van der Waals surface area contributed by atoms with Crippen LogP contribution in [0.1, 0.15) is 40.5 Å². The summed E-state index contributed by atoms with van der Waals surface area (Å²) in [6.07, 6.45) is 0.751. The number of hydrogen-bond donors (Lipinski definition) is 1. The Bertz CT molecular complexity index is 379. The number of amides is 1. The van der Waals surface area contributed by atoms with Crippen molar-refractivity contribution in [3.8, 4) is 0 Å². The Morgan fingerprint density at radius 3 is 2.55 bits per heavy atom. The number of carbonyl (C=O) groups excluding carboxylic acids is 2. The summed E-state index contributed by atoms with van der Waals surface area (Å²) < 4.78 is 10.4. The molecule has 0 aromatic rings. The molecule has 20 heavy (non-hydrogen) atoms. The Balaban J connectivity index is 2.87. The number of nitrogens with zero attached hydrogens (tertiary/aromatic N) is 1. The first-order chi connectivity index (χ1) is 9.06. The van der Waals surface area contributed by atoms with Gasteiger partial charge >= 0.3 is 12.1 Å². The molecule has 1 aliphatic heterocycles. The quantitative estimate of drug-likeness (QED) is 0.572. The number of piperidine rings is 1. The van der Waals surface area contributed by atoms with Crippen molar-refractivity contribution in [3.05, 3.63) is 0 Å². The van der Waals surface area contributed by atoms with Gasteiger partial charge in [-0.05, 0) is 40.5 Å². The van der Waals surface area contributed by atoms with Crippen molar-refractivity contribution < 1.29 is 19.1 Å². The number of rotatable bonds is 2. The molecule has 1 saturated heterocycles. The minimum atomic E-state index is -0.601. The van der Waals surface area contributed by atoms with Crippen LogP contribution in [-0.4, -0.2) is 57.2 Å². The maximum atomic E-state index is 12.3. The van der Waals surface area contributed by atoms with Gasteiger partial charge in [-0.2, -0.15) is 0 Å². The molecule has 0 unspecified atom stereocenters. The fraction of sp³-hybridized carbons (Fsp3) is 0.846. The van der Waals surface area contributed by atoms with E-state index >= 15 is 0 Å². The normalized spacial score (nSPS) is 27.2. The molecule has 0 spiro atoms. The minimum Gasteiger partial charge on any atom is -0.464 e. The first-order valence-electron chi connectivity index (χ1n) is 7.01. The molecule has 7 heteroatoms. The zero-order valence-corrected chi connectivity index (χ0v) is 15.1.